The molecule has 9 nitrogen and oxygen atoms in total. The van der Waals surface area contributed by atoms with E-state index in [4.69, 9.17) is 14.3 Å². The van der Waals surface area contributed by atoms with E-state index in [9.17, 15) is 21.4 Å². The molecule has 31 heavy (non-hydrogen) atoms. The Morgan fingerprint density at radius 1 is 1.03 bits per heavy atom. The van der Waals surface area contributed by atoms with Crippen molar-refractivity contribution in [3.05, 3.63) is 65.6 Å². The molecule has 0 spiro atoms. The van der Waals surface area contributed by atoms with Crippen LogP contribution < -0.4 is 66.6 Å². The zero-order chi connectivity index (χ0) is 22.1. The Kier molecular flexibility index (Phi) is 8.52. The van der Waals surface area contributed by atoms with Gasteiger partial charge in [-0.2, -0.15) is 0 Å². The summed E-state index contributed by atoms with van der Waals surface area (Å²) in [6, 6.07) is 10.2. The number of furan rings is 1. The number of hydrogen-bond acceptors (Lipinski definition) is 8. The van der Waals surface area contributed by atoms with E-state index in [-0.39, 0.29) is 69.4 Å². The van der Waals surface area contributed by atoms with E-state index in [0.717, 1.165) is 17.2 Å². The van der Waals surface area contributed by atoms with Crippen LogP contribution >= 0.6 is 0 Å². The number of hydrogen-bond donors (Lipinski definition) is 2. The Labute approximate surface area is 223 Å². The third kappa shape index (κ3) is 6.63. The molecule has 3 N–H and O–H groups in total. The van der Waals surface area contributed by atoms with Crippen molar-refractivity contribution in [3.8, 4) is 11.5 Å². The number of ether oxygens (including phenoxy) is 1. The average molecular weight is 491 g/mol. The van der Waals surface area contributed by atoms with Crippen LogP contribution in [-0.2, 0) is 26.7 Å². The van der Waals surface area contributed by atoms with E-state index in [1.165, 1.54) is 6.26 Å². The summed E-state index contributed by atoms with van der Waals surface area (Å²) >= 11 is 0. The summed E-state index contributed by atoms with van der Waals surface area (Å²) in [6.07, 6.45) is 1.43. The smallest absolute Gasteiger partial charge is 0.744 e. The molecule has 3 rings (SSSR count). The SMILES string of the molecule is Cc1ccc(Oc2cc(NCc3ccco3)c(S(=O)(=O)[O-])cc2S(N)(=O)=O)cc1C.[K+]. The molecule has 1 aromatic heterocycles. The Bertz CT molecular complexity index is 1290. The van der Waals surface area contributed by atoms with Crippen LogP contribution in [0.4, 0.5) is 5.69 Å². The fourth-order valence-corrected chi connectivity index (χ4v) is 4.09. The minimum absolute atomic E-state index is 0. The molecular formula is C19H19KN2O7S2. The zero-order valence-electron chi connectivity index (χ0n) is 17.1. The van der Waals surface area contributed by atoms with Crippen molar-refractivity contribution in [2.75, 3.05) is 5.32 Å². The molecule has 0 aliphatic carbocycles. The van der Waals surface area contributed by atoms with Gasteiger partial charge in [0.15, 0.2) is 0 Å². The van der Waals surface area contributed by atoms with Gasteiger partial charge in [0.25, 0.3) is 0 Å². The van der Waals surface area contributed by atoms with Gasteiger partial charge in [-0.05, 0) is 55.3 Å². The monoisotopic (exact) mass is 490 g/mol. The topological polar surface area (TPSA) is 152 Å². The van der Waals surface area contributed by atoms with Crippen molar-refractivity contribution in [2.45, 2.75) is 30.2 Å². The molecule has 0 atom stereocenters. The fraction of sp³-hybridized carbons (Fsp3) is 0.158. The van der Waals surface area contributed by atoms with Crippen molar-refractivity contribution < 1.29 is 81.9 Å². The van der Waals surface area contributed by atoms with Crippen molar-refractivity contribution in [1.82, 2.24) is 0 Å². The van der Waals surface area contributed by atoms with E-state index in [2.05, 4.69) is 5.32 Å². The van der Waals surface area contributed by atoms with Gasteiger partial charge in [-0.25, -0.2) is 22.0 Å². The van der Waals surface area contributed by atoms with Crippen LogP contribution in [0.1, 0.15) is 16.9 Å². The first-order valence-corrected chi connectivity index (χ1v) is 11.6. The van der Waals surface area contributed by atoms with Crippen LogP contribution in [0, 0.1) is 13.8 Å². The quantitative estimate of drug-likeness (QED) is 0.343. The predicted molar refractivity (Wildman–Crippen MR) is 108 cm³/mol. The first-order chi connectivity index (χ1) is 13.9. The number of rotatable bonds is 7. The van der Waals surface area contributed by atoms with Crippen molar-refractivity contribution >= 4 is 25.8 Å². The molecule has 0 saturated heterocycles. The molecule has 0 bridgehead atoms. The molecule has 12 heteroatoms. The maximum atomic E-state index is 12.1. The van der Waals surface area contributed by atoms with Gasteiger partial charge in [0.1, 0.15) is 32.3 Å². The number of sulfonamides is 1. The Balaban J connectivity index is 0.00000341. The maximum Gasteiger partial charge on any atom is 1.00 e. The van der Waals surface area contributed by atoms with Crippen LogP contribution in [0.2, 0.25) is 0 Å². The number of primary sulfonamides is 1. The second-order valence-corrected chi connectivity index (χ2v) is 9.45. The van der Waals surface area contributed by atoms with E-state index >= 15 is 0 Å². The molecule has 1 heterocycles. The van der Waals surface area contributed by atoms with Gasteiger partial charge in [-0.1, -0.05) is 6.07 Å². The maximum absolute atomic E-state index is 12.1. The molecule has 0 amide bonds. The Hall–Kier alpha value is -1.22. The summed E-state index contributed by atoms with van der Waals surface area (Å²) in [5, 5.41) is 8.00. The van der Waals surface area contributed by atoms with Crippen LogP contribution in [0.3, 0.4) is 0 Å². The van der Waals surface area contributed by atoms with E-state index < -0.39 is 29.9 Å². The van der Waals surface area contributed by atoms with E-state index in [1.54, 1.807) is 30.3 Å². The van der Waals surface area contributed by atoms with Crippen LogP contribution in [0.5, 0.6) is 11.5 Å². The van der Waals surface area contributed by atoms with Crippen LogP contribution in [-0.4, -0.2) is 21.4 Å². The molecule has 3 aromatic rings. The minimum Gasteiger partial charge on any atom is -0.744 e. The first-order valence-electron chi connectivity index (χ1n) is 8.63. The standard InChI is InChI=1S/C19H20N2O7S2.K/c1-12-5-6-14(8-13(12)2)28-17-9-16(21-11-15-4-3-7-27-15)18(30(24,25)26)10-19(17)29(20,22)23;/h3-10,21H,11H2,1-2H3,(H2,20,22,23)(H,24,25,26);/q;+1/p-1. The molecule has 0 aliphatic rings. The van der Waals surface area contributed by atoms with Gasteiger partial charge in [-0.3, -0.25) is 0 Å². The summed E-state index contributed by atoms with van der Waals surface area (Å²) in [4.78, 5) is -1.40. The third-order valence-corrected chi connectivity index (χ3v) is 6.17. The molecule has 160 valence electrons. The van der Waals surface area contributed by atoms with Crippen molar-refractivity contribution in [3.63, 3.8) is 0 Å². The number of aryl methyl sites for hydroxylation is 2. The van der Waals surface area contributed by atoms with Gasteiger partial charge < -0.3 is 19.0 Å². The van der Waals surface area contributed by atoms with Gasteiger partial charge in [-0.15, -0.1) is 0 Å². The second-order valence-electron chi connectivity index (χ2n) is 6.58. The number of nitrogens with two attached hydrogens (primary N) is 1. The van der Waals surface area contributed by atoms with E-state index in [0.29, 0.717) is 17.6 Å². The first kappa shape index (κ1) is 26.0. The predicted octanol–water partition coefficient (Wildman–Crippen LogP) is -0.144. The summed E-state index contributed by atoms with van der Waals surface area (Å²) in [7, 11) is -9.43. The molecule has 2 aromatic carbocycles. The molecule has 0 fully saturated rings. The van der Waals surface area contributed by atoms with Gasteiger partial charge in [0.2, 0.25) is 10.0 Å². The van der Waals surface area contributed by atoms with Crippen molar-refractivity contribution in [2.24, 2.45) is 5.14 Å². The summed E-state index contributed by atoms with van der Waals surface area (Å²) in [5.41, 5.74) is 1.76. The Morgan fingerprint density at radius 2 is 1.74 bits per heavy atom. The van der Waals surface area contributed by atoms with E-state index in [1.807, 2.05) is 13.8 Å². The number of benzene rings is 2. The summed E-state index contributed by atoms with van der Waals surface area (Å²) in [6.45, 7) is 3.80. The molecule has 0 unspecified atom stereocenters. The van der Waals surface area contributed by atoms with Crippen molar-refractivity contribution in [1.29, 1.82) is 0 Å². The van der Waals surface area contributed by atoms with Gasteiger partial charge >= 0.3 is 51.4 Å². The average Bonchev–Trinajstić information content (AvgIpc) is 3.14. The summed E-state index contributed by atoms with van der Waals surface area (Å²) in [5.74, 6) is 0.559. The fourth-order valence-electron chi connectivity index (χ4n) is 2.69. The van der Waals surface area contributed by atoms with Gasteiger partial charge in [0.05, 0.1) is 23.4 Å². The molecule has 0 radical (unpaired) electrons. The largest absolute Gasteiger partial charge is 1.00 e. The molecule has 0 saturated carbocycles. The number of nitrogens with one attached hydrogen (secondary N) is 1. The zero-order valence-corrected chi connectivity index (χ0v) is 21.8. The van der Waals surface area contributed by atoms with Crippen LogP contribution in [0.25, 0.3) is 0 Å². The minimum atomic E-state index is -5.03. The summed E-state index contributed by atoms with van der Waals surface area (Å²) < 4.78 is 70.3. The number of anilines is 1. The second kappa shape index (κ2) is 10.1. The normalized spacial score (nSPS) is 11.6. The van der Waals surface area contributed by atoms with Crippen LogP contribution in [0.15, 0.2) is 62.9 Å². The Morgan fingerprint density at radius 3 is 2.29 bits per heavy atom. The molecule has 0 aliphatic heterocycles. The third-order valence-electron chi connectivity index (χ3n) is 4.36. The molecular weight excluding hydrogens is 471 g/mol. The van der Waals surface area contributed by atoms with Gasteiger partial charge in [0, 0.05) is 6.07 Å².